The Hall–Kier alpha value is -4.21. The second kappa shape index (κ2) is 10.2. The Morgan fingerprint density at radius 1 is 1.09 bits per heavy atom. The quantitative estimate of drug-likeness (QED) is 0.490. The first-order chi connectivity index (χ1) is 16.1. The second-order valence-corrected chi connectivity index (χ2v) is 8.12. The Morgan fingerprint density at radius 3 is 2.38 bits per heavy atom. The maximum atomic E-state index is 13.1. The van der Waals surface area contributed by atoms with Crippen molar-refractivity contribution in [2.75, 3.05) is 0 Å². The van der Waals surface area contributed by atoms with Crippen LogP contribution < -0.4 is 16.2 Å². The molecule has 0 aliphatic heterocycles. The minimum Gasteiger partial charge on any atom is -0.501 e. The van der Waals surface area contributed by atoms with Gasteiger partial charge in [-0.25, -0.2) is 14.2 Å². The highest BCUT2D eigenvalue weighted by molar-refractivity contribution is 5.94. The summed E-state index contributed by atoms with van der Waals surface area (Å²) in [6, 6.07) is 14.6. The zero-order valence-electron chi connectivity index (χ0n) is 19.0. The van der Waals surface area contributed by atoms with E-state index in [-0.39, 0.29) is 19.0 Å². The molecule has 0 fully saturated rings. The lowest BCUT2D eigenvalue weighted by Crippen LogP contribution is -2.46. The SMILES string of the molecule is Cn1c(C(C)(C)NC(=O)OCc2ccccc2)nc(C(=O)NCc2ccc(F)cc2)c(O)c1=O. The van der Waals surface area contributed by atoms with E-state index in [1.54, 1.807) is 26.0 Å². The number of rotatable bonds is 7. The molecule has 3 rings (SSSR count). The molecule has 0 aliphatic carbocycles. The first-order valence-corrected chi connectivity index (χ1v) is 10.4. The monoisotopic (exact) mass is 468 g/mol. The molecular weight excluding hydrogens is 443 g/mol. The number of hydrogen-bond donors (Lipinski definition) is 3. The van der Waals surface area contributed by atoms with Crippen LogP contribution in [0.15, 0.2) is 59.4 Å². The van der Waals surface area contributed by atoms with Gasteiger partial charge in [0.15, 0.2) is 5.69 Å². The van der Waals surface area contributed by atoms with Gasteiger partial charge in [-0.15, -0.1) is 0 Å². The van der Waals surface area contributed by atoms with Gasteiger partial charge >= 0.3 is 6.09 Å². The zero-order chi connectivity index (χ0) is 24.9. The highest BCUT2D eigenvalue weighted by atomic mass is 19.1. The van der Waals surface area contributed by atoms with E-state index in [1.807, 2.05) is 18.2 Å². The van der Waals surface area contributed by atoms with Crippen LogP contribution in [0.3, 0.4) is 0 Å². The Kier molecular flexibility index (Phi) is 7.30. The first kappa shape index (κ1) is 24.4. The van der Waals surface area contributed by atoms with Crippen molar-refractivity contribution in [3.63, 3.8) is 0 Å². The highest BCUT2D eigenvalue weighted by Gasteiger charge is 2.31. The smallest absolute Gasteiger partial charge is 0.408 e. The van der Waals surface area contributed by atoms with Crippen LogP contribution in [0.4, 0.5) is 9.18 Å². The maximum Gasteiger partial charge on any atom is 0.408 e. The van der Waals surface area contributed by atoms with E-state index < -0.39 is 40.4 Å². The van der Waals surface area contributed by atoms with Gasteiger partial charge < -0.3 is 20.5 Å². The predicted octanol–water partition coefficient (Wildman–Crippen LogP) is 2.72. The summed E-state index contributed by atoms with van der Waals surface area (Å²) in [5.74, 6) is -2.02. The van der Waals surface area contributed by atoms with Crippen LogP contribution in [-0.4, -0.2) is 26.7 Å². The Morgan fingerprint density at radius 2 is 1.74 bits per heavy atom. The van der Waals surface area contributed by atoms with Crippen molar-refractivity contribution < 1.29 is 23.8 Å². The van der Waals surface area contributed by atoms with Crippen LogP contribution in [0.5, 0.6) is 5.75 Å². The molecule has 0 saturated heterocycles. The van der Waals surface area contributed by atoms with Crippen molar-refractivity contribution in [3.05, 3.63) is 93.4 Å². The van der Waals surface area contributed by atoms with Crippen LogP contribution in [-0.2, 0) is 30.5 Å². The van der Waals surface area contributed by atoms with E-state index in [0.29, 0.717) is 5.56 Å². The van der Waals surface area contributed by atoms with E-state index in [9.17, 15) is 23.9 Å². The molecule has 1 aromatic heterocycles. The summed E-state index contributed by atoms with van der Waals surface area (Å²) in [6.07, 6.45) is -0.751. The molecular formula is C24H25FN4O5. The van der Waals surface area contributed by atoms with Crippen molar-refractivity contribution in [1.82, 2.24) is 20.2 Å². The average molecular weight is 468 g/mol. The van der Waals surface area contributed by atoms with Crippen molar-refractivity contribution >= 4 is 12.0 Å². The summed E-state index contributed by atoms with van der Waals surface area (Å²) in [7, 11) is 1.36. The number of halogens is 1. The number of carbonyl (C=O) groups is 2. The third kappa shape index (κ3) is 5.77. The second-order valence-electron chi connectivity index (χ2n) is 8.12. The number of nitrogens with one attached hydrogen (secondary N) is 2. The van der Waals surface area contributed by atoms with Crippen LogP contribution in [0.1, 0.15) is 41.3 Å². The summed E-state index contributed by atoms with van der Waals surface area (Å²) in [5.41, 5.74) is -1.18. The molecule has 2 aromatic carbocycles. The third-order valence-corrected chi connectivity index (χ3v) is 5.03. The summed E-state index contributed by atoms with van der Waals surface area (Å²) < 4.78 is 19.3. The molecule has 0 bridgehead atoms. The molecule has 3 aromatic rings. The minimum absolute atomic E-state index is 0.0260. The summed E-state index contributed by atoms with van der Waals surface area (Å²) in [6.45, 7) is 3.23. The van der Waals surface area contributed by atoms with Gasteiger partial charge in [-0.05, 0) is 37.1 Å². The van der Waals surface area contributed by atoms with Gasteiger partial charge in [-0.3, -0.25) is 14.2 Å². The van der Waals surface area contributed by atoms with Gasteiger partial charge in [0, 0.05) is 13.6 Å². The molecule has 9 nitrogen and oxygen atoms in total. The third-order valence-electron chi connectivity index (χ3n) is 5.03. The molecule has 3 N–H and O–H groups in total. The molecule has 0 aliphatic rings. The van der Waals surface area contributed by atoms with Gasteiger partial charge in [-0.2, -0.15) is 0 Å². The van der Waals surface area contributed by atoms with Crippen molar-refractivity contribution in [1.29, 1.82) is 0 Å². The number of amides is 2. The maximum absolute atomic E-state index is 13.1. The fourth-order valence-electron chi connectivity index (χ4n) is 3.25. The first-order valence-electron chi connectivity index (χ1n) is 10.4. The molecule has 10 heteroatoms. The van der Waals surface area contributed by atoms with Crippen LogP contribution in [0.2, 0.25) is 0 Å². The zero-order valence-corrected chi connectivity index (χ0v) is 19.0. The Labute approximate surface area is 195 Å². The number of aromatic hydroxyl groups is 1. The van der Waals surface area contributed by atoms with Crippen molar-refractivity contribution in [2.45, 2.75) is 32.5 Å². The minimum atomic E-state index is -1.23. The molecule has 0 spiro atoms. The normalized spacial score (nSPS) is 11.1. The number of ether oxygens (including phenoxy) is 1. The van der Waals surface area contributed by atoms with Crippen LogP contribution >= 0.6 is 0 Å². The Bertz CT molecular complexity index is 1240. The van der Waals surface area contributed by atoms with Crippen LogP contribution in [0, 0.1) is 5.82 Å². The topological polar surface area (TPSA) is 123 Å². The molecule has 0 radical (unpaired) electrons. The van der Waals surface area contributed by atoms with Gasteiger partial charge in [0.2, 0.25) is 5.75 Å². The fraction of sp³-hybridized carbons (Fsp3) is 0.250. The molecule has 0 unspecified atom stereocenters. The largest absolute Gasteiger partial charge is 0.501 e. The number of alkyl carbamates (subject to hydrolysis) is 1. The predicted molar refractivity (Wildman–Crippen MR) is 122 cm³/mol. The van der Waals surface area contributed by atoms with Gasteiger partial charge in [0.1, 0.15) is 18.2 Å². The van der Waals surface area contributed by atoms with E-state index in [2.05, 4.69) is 15.6 Å². The van der Waals surface area contributed by atoms with Crippen molar-refractivity contribution in [2.24, 2.45) is 7.05 Å². The van der Waals surface area contributed by atoms with Gasteiger partial charge in [0.05, 0.1) is 5.54 Å². The molecule has 178 valence electrons. The lowest BCUT2D eigenvalue weighted by molar-refractivity contribution is 0.0941. The summed E-state index contributed by atoms with van der Waals surface area (Å²) in [5, 5.41) is 15.4. The average Bonchev–Trinajstić information content (AvgIpc) is 2.81. The lowest BCUT2D eigenvalue weighted by atomic mass is 10.0. The number of aromatic nitrogens is 2. The standard InChI is InChI=1S/C24H25FN4O5/c1-24(2,28-23(33)34-14-16-7-5-4-6-8-16)22-27-18(19(30)21(32)29(22)3)20(31)26-13-15-9-11-17(25)12-10-15/h4-12,30H,13-14H2,1-3H3,(H,26,31)(H,28,33). The number of benzene rings is 2. The van der Waals surface area contributed by atoms with Crippen molar-refractivity contribution in [3.8, 4) is 5.75 Å². The van der Waals surface area contributed by atoms with E-state index in [1.165, 1.54) is 31.3 Å². The van der Waals surface area contributed by atoms with E-state index >= 15 is 0 Å². The molecule has 0 saturated carbocycles. The van der Waals surface area contributed by atoms with Gasteiger partial charge in [-0.1, -0.05) is 42.5 Å². The summed E-state index contributed by atoms with van der Waals surface area (Å²) in [4.78, 5) is 41.8. The molecule has 1 heterocycles. The van der Waals surface area contributed by atoms with E-state index in [4.69, 9.17) is 4.74 Å². The lowest BCUT2D eigenvalue weighted by Gasteiger charge is -2.27. The summed E-state index contributed by atoms with van der Waals surface area (Å²) >= 11 is 0. The number of nitrogens with zero attached hydrogens (tertiary/aromatic N) is 2. The highest BCUT2D eigenvalue weighted by Crippen LogP contribution is 2.20. The van der Waals surface area contributed by atoms with Crippen LogP contribution in [0.25, 0.3) is 0 Å². The van der Waals surface area contributed by atoms with E-state index in [0.717, 1.165) is 10.1 Å². The molecule has 34 heavy (non-hydrogen) atoms. The molecule has 2 amide bonds. The molecule has 0 atom stereocenters. The van der Waals surface area contributed by atoms with Gasteiger partial charge in [0.25, 0.3) is 11.5 Å². The Balaban J connectivity index is 1.77. The number of hydrogen-bond acceptors (Lipinski definition) is 6. The fourth-order valence-corrected chi connectivity index (χ4v) is 3.25. The number of carbonyl (C=O) groups excluding carboxylic acids is 2.